The van der Waals surface area contributed by atoms with Crippen LogP contribution in [0.1, 0.15) is 18.9 Å². The fourth-order valence-electron chi connectivity index (χ4n) is 1.11. The van der Waals surface area contributed by atoms with Crippen molar-refractivity contribution in [1.29, 1.82) is 0 Å². The molecule has 0 amide bonds. The number of hydrogen-bond donors (Lipinski definition) is 1. The molecular formula is C10H12ClF3N2. The second kappa shape index (κ2) is 5.39. The summed E-state index contributed by atoms with van der Waals surface area (Å²) < 4.78 is 36.7. The molecule has 0 radical (unpaired) electrons. The van der Waals surface area contributed by atoms with Gasteiger partial charge in [0, 0.05) is 18.1 Å². The second-order valence-electron chi connectivity index (χ2n) is 3.33. The van der Waals surface area contributed by atoms with Gasteiger partial charge in [-0.05, 0) is 18.6 Å². The molecule has 2 nitrogen and oxygen atoms in total. The third-order valence-electron chi connectivity index (χ3n) is 2.12. The summed E-state index contributed by atoms with van der Waals surface area (Å²) in [6, 6.07) is 2.32. The van der Waals surface area contributed by atoms with Gasteiger partial charge in [-0.15, -0.1) is 11.6 Å². The number of pyridine rings is 1. The van der Waals surface area contributed by atoms with E-state index in [9.17, 15) is 13.2 Å². The average Bonchev–Trinajstić information content (AvgIpc) is 2.25. The van der Waals surface area contributed by atoms with Crippen molar-refractivity contribution in [3.8, 4) is 0 Å². The fourth-order valence-corrected chi connectivity index (χ4v) is 1.40. The standard InChI is InChI=1S/C10H12ClF3N2/c1-2-8(5-11)16-9-4-3-7(6-15-9)10(12,13)14/h3-4,6,8H,2,5H2,1H3,(H,15,16). The highest BCUT2D eigenvalue weighted by molar-refractivity contribution is 6.18. The van der Waals surface area contributed by atoms with Crippen molar-refractivity contribution >= 4 is 17.4 Å². The van der Waals surface area contributed by atoms with Crippen LogP contribution in [-0.4, -0.2) is 16.9 Å². The van der Waals surface area contributed by atoms with Crippen LogP contribution < -0.4 is 5.32 Å². The van der Waals surface area contributed by atoms with Gasteiger partial charge in [0.1, 0.15) is 5.82 Å². The molecule has 0 aliphatic rings. The molecule has 16 heavy (non-hydrogen) atoms. The van der Waals surface area contributed by atoms with Gasteiger partial charge in [0.25, 0.3) is 0 Å². The van der Waals surface area contributed by atoms with Gasteiger partial charge in [0.2, 0.25) is 0 Å². The molecule has 1 aromatic heterocycles. The molecule has 0 saturated carbocycles. The van der Waals surface area contributed by atoms with Crippen LogP contribution in [0.5, 0.6) is 0 Å². The van der Waals surface area contributed by atoms with Crippen LogP contribution in [0.2, 0.25) is 0 Å². The average molecular weight is 253 g/mol. The van der Waals surface area contributed by atoms with Crippen LogP contribution >= 0.6 is 11.6 Å². The Kier molecular flexibility index (Phi) is 4.41. The highest BCUT2D eigenvalue weighted by atomic mass is 35.5. The third-order valence-corrected chi connectivity index (χ3v) is 2.49. The lowest BCUT2D eigenvalue weighted by Crippen LogP contribution is -2.20. The van der Waals surface area contributed by atoms with Crippen molar-refractivity contribution in [3.63, 3.8) is 0 Å². The van der Waals surface area contributed by atoms with Crippen molar-refractivity contribution < 1.29 is 13.2 Å². The monoisotopic (exact) mass is 252 g/mol. The molecule has 6 heteroatoms. The Morgan fingerprint density at radius 2 is 2.12 bits per heavy atom. The molecule has 1 heterocycles. The van der Waals surface area contributed by atoms with Crippen molar-refractivity contribution in [2.24, 2.45) is 0 Å². The van der Waals surface area contributed by atoms with E-state index < -0.39 is 11.7 Å². The lowest BCUT2D eigenvalue weighted by molar-refractivity contribution is -0.137. The van der Waals surface area contributed by atoms with E-state index in [-0.39, 0.29) is 6.04 Å². The zero-order valence-electron chi connectivity index (χ0n) is 8.68. The molecule has 0 aliphatic heterocycles. The smallest absolute Gasteiger partial charge is 0.366 e. The van der Waals surface area contributed by atoms with Crippen LogP contribution in [0.15, 0.2) is 18.3 Å². The minimum absolute atomic E-state index is 0.0194. The Morgan fingerprint density at radius 3 is 2.50 bits per heavy atom. The molecule has 1 aromatic rings. The van der Waals surface area contributed by atoms with Crippen molar-refractivity contribution in [3.05, 3.63) is 23.9 Å². The van der Waals surface area contributed by atoms with Crippen molar-refractivity contribution in [2.75, 3.05) is 11.2 Å². The normalized spacial score (nSPS) is 13.6. The van der Waals surface area contributed by atoms with Gasteiger partial charge in [-0.2, -0.15) is 13.2 Å². The van der Waals surface area contributed by atoms with E-state index >= 15 is 0 Å². The highest BCUT2D eigenvalue weighted by Crippen LogP contribution is 2.28. The molecule has 1 atom stereocenters. The van der Waals surface area contributed by atoms with Gasteiger partial charge < -0.3 is 5.32 Å². The van der Waals surface area contributed by atoms with E-state index in [0.717, 1.165) is 18.7 Å². The summed E-state index contributed by atoms with van der Waals surface area (Å²) in [6.07, 6.45) is -2.75. The van der Waals surface area contributed by atoms with E-state index in [0.29, 0.717) is 11.7 Å². The van der Waals surface area contributed by atoms with E-state index in [2.05, 4.69) is 10.3 Å². The topological polar surface area (TPSA) is 24.9 Å². The van der Waals surface area contributed by atoms with Crippen molar-refractivity contribution in [2.45, 2.75) is 25.6 Å². The summed E-state index contributed by atoms with van der Waals surface area (Å²) in [5.74, 6) is 0.791. The highest BCUT2D eigenvalue weighted by Gasteiger charge is 2.30. The number of hydrogen-bond acceptors (Lipinski definition) is 2. The Morgan fingerprint density at radius 1 is 1.44 bits per heavy atom. The lowest BCUT2D eigenvalue weighted by Gasteiger charge is -2.14. The number of rotatable bonds is 4. The summed E-state index contributed by atoms with van der Waals surface area (Å²) >= 11 is 5.65. The summed E-state index contributed by atoms with van der Waals surface area (Å²) in [7, 11) is 0. The SMILES string of the molecule is CCC(CCl)Nc1ccc(C(F)(F)F)cn1. The first-order valence-corrected chi connectivity index (χ1v) is 5.36. The number of anilines is 1. The Hall–Kier alpha value is -0.970. The number of nitrogens with zero attached hydrogens (tertiary/aromatic N) is 1. The first-order valence-electron chi connectivity index (χ1n) is 4.83. The summed E-state index contributed by atoms with van der Waals surface area (Å²) in [6.45, 7) is 1.93. The molecule has 1 N–H and O–H groups in total. The van der Waals surface area contributed by atoms with E-state index in [1.165, 1.54) is 6.07 Å². The van der Waals surface area contributed by atoms with Gasteiger partial charge in [0.15, 0.2) is 0 Å². The first-order chi connectivity index (χ1) is 7.47. The number of alkyl halides is 4. The molecule has 1 rings (SSSR count). The van der Waals surface area contributed by atoms with Crippen LogP contribution in [0.3, 0.4) is 0 Å². The van der Waals surface area contributed by atoms with Gasteiger partial charge in [0.05, 0.1) is 5.56 Å². The molecule has 0 bridgehead atoms. The second-order valence-corrected chi connectivity index (χ2v) is 3.64. The van der Waals surface area contributed by atoms with Gasteiger partial charge >= 0.3 is 6.18 Å². The van der Waals surface area contributed by atoms with Gasteiger partial charge in [-0.25, -0.2) is 4.98 Å². The molecule has 0 fully saturated rings. The predicted molar refractivity (Wildman–Crippen MR) is 57.7 cm³/mol. The van der Waals surface area contributed by atoms with E-state index in [4.69, 9.17) is 11.6 Å². The van der Waals surface area contributed by atoms with E-state index in [1.54, 1.807) is 0 Å². The van der Waals surface area contributed by atoms with Crippen LogP contribution in [0.25, 0.3) is 0 Å². The largest absolute Gasteiger partial charge is 0.417 e. The zero-order valence-corrected chi connectivity index (χ0v) is 9.44. The molecule has 0 saturated heterocycles. The number of aromatic nitrogens is 1. The number of nitrogens with one attached hydrogen (secondary N) is 1. The third kappa shape index (κ3) is 3.56. The van der Waals surface area contributed by atoms with Crippen LogP contribution in [0, 0.1) is 0 Å². The first kappa shape index (κ1) is 13.1. The Balaban J connectivity index is 2.72. The molecule has 0 spiro atoms. The maximum absolute atomic E-state index is 12.2. The molecule has 0 aromatic carbocycles. The lowest BCUT2D eigenvalue weighted by atomic mass is 10.2. The Bertz CT molecular complexity index is 320. The summed E-state index contributed by atoms with van der Waals surface area (Å²) in [5, 5.41) is 2.95. The fraction of sp³-hybridized carbons (Fsp3) is 0.500. The Labute approximate surface area is 96.8 Å². The molecule has 90 valence electrons. The van der Waals surface area contributed by atoms with Crippen LogP contribution in [0.4, 0.5) is 19.0 Å². The predicted octanol–water partition coefficient (Wildman–Crippen LogP) is 3.53. The summed E-state index contributed by atoms with van der Waals surface area (Å²) in [4.78, 5) is 3.69. The summed E-state index contributed by atoms with van der Waals surface area (Å²) in [5.41, 5.74) is -0.753. The molecular weight excluding hydrogens is 241 g/mol. The van der Waals surface area contributed by atoms with Gasteiger partial charge in [-0.1, -0.05) is 6.92 Å². The minimum atomic E-state index is -4.35. The molecule has 0 aliphatic carbocycles. The minimum Gasteiger partial charge on any atom is -0.366 e. The maximum Gasteiger partial charge on any atom is 0.417 e. The van der Waals surface area contributed by atoms with Crippen molar-refractivity contribution in [1.82, 2.24) is 4.98 Å². The van der Waals surface area contributed by atoms with Gasteiger partial charge in [-0.3, -0.25) is 0 Å². The quantitative estimate of drug-likeness (QED) is 0.830. The van der Waals surface area contributed by atoms with E-state index in [1.807, 2.05) is 6.92 Å². The number of halogens is 4. The molecule has 1 unspecified atom stereocenters. The maximum atomic E-state index is 12.2. The zero-order chi connectivity index (χ0) is 12.2. The van der Waals surface area contributed by atoms with Crippen LogP contribution in [-0.2, 0) is 6.18 Å².